The van der Waals surface area contributed by atoms with Crippen molar-refractivity contribution >= 4 is 6.08 Å². The fourth-order valence-electron chi connectivity index (χ4n) is 3.91. The molecule has 1 aromatic heterocycles. The Kier molecular flexibility index (Phi) is 8.90. The molecule has 0 N–H and O–H groups in total. The minimum Gasteiger partial charge on any atom is -0.424 e. The summed E-state index contributed by atoms with van der Waals surface area (Å²) < 4.78 is 18.5. The molecule has 6 nitrogen and oxygen atoms in total. The number of aromatic nitrogens is 3. The van der Waals surface area contributed by atoms with Crippen molar-refractivity contribution in [1.29, 1.82) is 0 Å². The summed E-state index contributed by atoms with van der Waals surface area (Å²) in [4.78, 5) is 13.4. The van der Waals surface area contributed by atoms with Gasteiger partial charge in [0, 0.05) is 5.56 Å². The molecule has 0 radical (unpaired) electrons. The summed E-state index contributed by atoms with van der Waals surface area (Å²) >= 11 is 0. The van der Waals surface area contributed by atoms with E-state index < -0.39 is 0 Å². The lowest BCUT2D eigenvalue weighted by Gasteiger charge is -2.14. The molecule has 0 saturated carbocycles. The summed E-state index contributed by atoms with van der Waals surface area (Å²) in [5.74, 6) is 1.85. The van der Waals surface area contributed by atoms with Crippen molar-refractivity contribution in [2.24, 2.45) is 0 Å². The fraction of sp³-hybridized carbons (Fsp3) is 0.182. The van der Waals surface area contributed by atoms with Gasteiger partial charge in [0.05, 0.1) is 0 Å². The molecule has 0 bridgehead atoms. The molecule has 0 amide bonds. The average molecular weight is 520 g/mol. The van der Waals surface area contributed by atoms with Crippen LogP contribution in [0.3, 0.4) is 0 Å². The van der Waals surface area contributed by atoms with E-state index in [0.29, 0.717) is 30.1 Å². The van der Waals surface area contributed by atoms with Gasteiger partial charge < -0.3 is 14.2 Å². The second-order valence-electron chi connectivity index (χ2n) is 9.73. The first-order chi connectivity index (χ1) is 18.8. The number of hydrogen-bond acceptors (Lipinski definition) is 6. The molecule has 0 aliphatic carbocycles. The highest BCUT2D eigenvalue weighted by Crippen LogP contribution is 2.32. The van der Waals surface area contributed by atoms with Crippen LogP contribution in [-0.2, 0) is 12.8 Å². The number of benzene rings is 3. The van der Waals surface area contributed by atoms with E-state index in [-0.39, 0.29) is 18.0 Å². The highest BCUT2D eigenvalue weighted by molar-refractivity contribution is 5.59. The number of hydrogen-bond donors (Lipinski definition) is 0. The van der Waals surface area contributed by atoms with Crippen LogP contribution in [0.2, 0.25) is 0 Å². The summed E-state index contributed by atoms with van der Waals surface area (Å²) in [6.07, 6.45) is 3.36. The Bertz CT molecular complexity index is 1440. The Balaban J connectivity index is 1.75. The lowest BCUT2D eigenvalue weighted by atomic mass is 10.1. The fourth-order valence-corrected chi connectivity index (χ4v) is 3.91. The molecule has 198 valence electrons. The van der Waals surface area contributed by atoms with Gasteiger partial charge in [-0.15, -0.1) is 15.0 Å². The van der Waals surface area contributed by atoms with Crippen LogP contribution in [0.4, 0.5) is 0 Å². The minimum atomic E-state index is 0.0550. The van der Waals surface area contributed by atoms with Crippen LogP contribution < -0.4 is 14.2 Å². The van der Waals surface area contributed by atoms with Gasteiger partial charge in [-0.25, -0.2) is 0 Å². The van der Waals surface area contributed by atoms with Gasteiger partial charge in [-0.05, 0) is 69.9 Å². The van der Waals surface area contributed by atoms with Crippen molar-refractivity contribution in [2.75, 3.05) is 0 Å². The highest BCUT2D eigenvalue weighted by Gasteiger charge is 2.16. The largest absolute Gasteiger partial charge is 0.424 e. The molecule has 0 atom stereocenters. The molecule has 3 aromatic carbocycles. The molecule has 6 heteroatoms. The van der Waals surface area contributed by atoms with Crippen LogP contribution in [0, 0.1) is 0 Å². The number of para-hydroxylation sites is 3. The second kappa shape index (κ2) is 12.7. The highest BCUT2D eigenvalue weighted by atomic mass is 16.5. The molecule has 39 heavy (non-hydrogen) atoms. The molecular weight excluding hydrogens is 486 g/mol. The quantitative estimate of drug-likeness (QED) is 0.184. The molecule has 0 aliphatic heterocycles. The van der Waals surface area contributed by atoms with E-state index in [1.807, 2.05) is 107 Å². The number of nitrogens with zero attached hydrogens (tertiary/aromatic N) is 3. The third kappa shape index (κ3) is 7.89. The Morgan fingerprint density at radius 2 is 0.974 bits per heavy atom. The summed E-state index contributed by atoms with van der Waals surface area (Å²) in [5.41, 5.74) is 6.01. The number of rotatable bonds is 11. The molecule has 0 spiro atoms. The first kappa shape index (κ1) is 27.3. The van der Waals surface area contributed by atoms with E-state index in [1.165, 1.54) is 0 Å². The zero-order chi connectivity index (χ0) is 27.8. The molecule has 1 heterocycles. The normalized spacial score (nSPS) is 10.5. The monoisotopic (exact) mass is 519 g/mol. The van der Waals surface area contributed by atoms with Gasteiger partial charge in [0.15, 0.2) is 0 Å². The summed E-state index contributed by atoms with van der Waals surface area (Å²) in [6.45, 7) is 16.1. The Morgan fingerprint density at radius 1 is 0.590 bits per heavy atom. The topological polar surface area (TPSA) is 66.4 Å². The zero-order valence-electron chi connectivity index (χ0n) is 22.9. The lowest BCUT2D eigenvalue weighted by Crippen LogP contribution is -2.03. The van der Waals surface area contributed by atoms with E-state index in [4.69, 9.17) is 14.2 Å². The maximum Gasteiger partial charge on any atom is 0.331 e. The van der Waals surface area contributed by atoms with Crippen molar-refractivity contribution in [3.63, 3.8) is 0 Å². The van der Waals surface area contributed by atoms with Gasteiger partial charge >= 0.3 is 18.0 Å². The van der Waals surface area contributed by atoms with Crippen molar-refractivity contribution in [3.05, 3.63) is 119 Å². The maximum atomic E-state index is 6.17. The van der Waals surface area contributed by atoms with Crippen molar-refractivity contribution < 1.29 is 14.2 Å². The van der Waals surface area contributed by atoms with E-state index in [2.05, 4.69) is 28.1 Å². The third-order valence-electron chi connectivity index (χ3n) is 5.47. The smallest absolute Gasteiger partial charge is 0.331 e. The van der Waals surface area contributed by atoms with Gasteiger partial charge in [0.25, 0.3) is 0 Å². The molecule has 0 fully saturated rings. The number of allylic oxidation sites excluding steroid dienone is 3. The first-order valence-electron chi connectivity index (χ1n) is 12.7. The molecule has 0 unspecified atom stereocenters. The Labute approximate surface area is 230 Å². The SMILES string of the molecule is C=C(C)Cc1ccccc1Oc1nc(Oc2ccccc2C=C(C)C)nc(Oc2ccccc2CC(=C)C)n1. The summed E-state index contributed by atoms with van der Waals surface area (Å²) in [5, 5.41) is 0. The summed E-state index contributed by atoms with van der Waals surface area (Å²) in [6, 6.07) is 23.3. The molecule has 4 aromatic rings. The number of ether oxygens (including phenoxy) is 3. The minimum absolute atomic E-state index is 0.0550. The van der Waals surface area contributed by atoms with Crippen LogP contribution in [0.15, 0.2) is 103 Å². The van der Waals surface area contributed by atoms with E-state index >= 15 is 0 Å². The van der Waals surface area contributed by atoms with Gasteiger partial charge in [0.1, 0.15) is 17.2 Å². The predicted octanol–water partition coefficient (Wildman–Crippen LogP) is 8.91. The molecule has 4 rings (SSSR count). The second-order valence-corrected chi connectivity index (χ2v) is 9.73. The van der Waals surface area contributed by atoms with Crippen LogP contribution in [0.5, 0.6) is 35.3 Å². The van der Waals surface area contributed by atoms with Gasteiger partial charge in [-0.1, -0.05) is 90.6 Å². The molecule has 0 saturated heterocycles. The Hall–Kier alpha value is -4.71. The standard InChI is InChI=1S/C33H33N3O3/c1-22(2)19-25-13-7-10-16-28(25)37-31-34-32(38-29-17-11-8-14-26(29)20-23(3)4)36-33(35-31)39-30-18-12-9-15-27(30)21-24(5)6/h7-18,21H,1,3,19-20H2,2,4-6H3. The van der Waals surface area contributed by atoms with Crippen LogP contribution in [-0.4, -0.2) is 15.0 Å². The van der Waals surface area contributed by atoms with Gasteiger partial charge in [0.2, 0.25) is 0 Å². The molecular formula is C33H33N3O3. The van der Waals surface area contributed by atoms with E-state index in [1.54, 1.807) is 0 Å². The first-order valence-corrected chi connectivity index (χ1v) is 12.7. The average Bonchev–Trinajstić information content (AvgIpc) is 2.87. The Morgan fingerprint density at radius 3 is 1.41 bits per heavy atom. The third-order valence-corrected chi connectivity index (χ3v) is 5.47. The predicted molar refractivity (Wildman–Crippen MR) is 156 cm³/mol. The van der Waals surface area contributed by atoms with Crippen molar-refractivity contribution in [3.8, 4) is 35.3 Å². The van der Waals surface area contributed by atoms with Crippen LogP contribution in [0.1, 0.15) is 44.4 Å². The zero-order valence-corrected chi connectivity index (χ0v) is 22.9. The van der Waals surface area contributed by atoms with Crippen molar-refractivity contribution in [1.82, 2.24) is 15.0 Å². The van der Waals surface area contributed by atoms with Gasteiger partial charge in [-0.2, -0.15) is 0 Å². The van der Waals surface area contributed by atoms with Crippen LogP contribution in [0.25, 0.3) is 6.08 Å². The summed E-state index contributed by atoms with van der Waals surface area (Å²) in [7, 11) is 0. The van der Waals surface area contributed by atoms with Crippen LogP contribution >= 0.6 is 0 Å². The van der Waals surface area contributed by atoms with Gasteiger partial charge in [-0.3, -0.25) is 0 Å². The van der Waals surface area contributed by atoms with E-state index in [9.17, 15) is 0 Å². The van der Waals surface area contributed by atoms with E-state index in [0.717, 1.165) is 33.4 Å². The lowest BCUT2D eigenvalue weighted by molar-refractivity contribution is 0.359. The molecule has 0 aliphatic rings. The van der Waals surface area contributed by atoms with Crippen molar-refractivity contribution in [2.45, 2.75) is 40.5 Å². The maximum absolute atomic E-state index is 6.17.